The van der Waals surface area contributed by atoms with E-state index in [4.69, 9.17) is 5.73 Å². The second-order valence-electron chi connectivity index (χ2n) is 5.76. The van der Waals surface area contributed by atoms with Gasteiger partial charge in [0.15, 0.2) is 0 Å². The fourth-order valence-corrected chi connectivity index (χ4v) is 4.01. The quantitative estimate of drug-likeness (QED) is 0.913. The van der Waals surface area contributed by atoms with Gasteiger partial charge in [0.25, 0.3) is 5.91 Å². The van der Waals surface area contributed by atoms with Crippen LogP contribution in [0.4, 0.5) is 5.69 Å². The molecular formula is C15H20N4OS. The topological polar surface area (TPSA) is 80.9 Å². The maximum Gasteiger partial charge on any atom is 0.263 e. The van der Waals surface area contributed by atoms with Crippen LogP contribution < -0.4 is 11.1 Å². The van der Waals surface area contributed by atoms with Gasteiger partial charge in [0.1, 0.15) is 9.71 Å². The lowest BCUT2D eigenvalue weighted by Gasteiger charge is -2.28. The number of fused-ring (bicyclic) bond motifs is 1. The van der Waals surface area contributed by atoms with Crippen molar-refractivity contribution in [2.75, 3.05) is 5.73 Å². The van der Waals surface area contributed by atoms with Crippen LogP contribution in [0.5, 0.6) is 0 Å². The highest BCUT2D eigenvalue weighted by Gasteiger charge is 2.24. The second kappa shape index (κ2) is 5.97. The van der Waals surface area contributed by atoms with E-state index in [1.54, 1.807) is 12.3 Å². The predicted molar refractivity (Wildman–Crippen MR) is 85.3 cm³/mol. The van der Waals surface area contributed by atoms with Crippen LogP contribution in [0.3, 0.4) is 0 Å². The molecule has 1 unspecified atom stereocenters. The van der Waals surface area contributed by atoms with Crippen LogP contribution in [-0.4, -0.2) is 22.1 Å². The van der Waals surface area contributed by atoms with Gasteiger partial charge in [-0.1, -0.05) is 19.3 Å². The first kappa shape index (κ1) is 14.3. The van der Waals surface area contributed by atoms with Crippen molar-refractivity contribution in [2.24, 2.45) is 5.92 Å². The predicted octanol–water partition coefficient (Wildman–Crippen LogP) is 2.97. The first-order valence-corrected chi connectivity index (χ1v) is 8.29. The zero-order valence-electron chi connectivity index (χ0n) is 12.1. The fraction of sp³-hybridized carbons (Fsp3) is 0.533. The van der Waals surface area contributed by atoms with Gasteiger partial charge in [-0.15, -0.1) is 16.4 Å². The van der Waals surface area contributed by atoms with Gasteiger partial charge < -0.3 is 11.1 Å². The van der Waals surface area contributed by atoms with Crippen LogP contribution in [0.25, 0.3) is 10.2 Å². The van der Waals surface area contributed by atoms with Gasteiger partial charge >= 0.3 is 0 Å². The Kier molecular flexibility index (Phi) is 4.05. The Balaban J connectivity index is 1.75. The van der Waals surface area contributed by atoms with Crippen LogP contribution in [0, 0.1) is 5.92 Å². The largest absolute Gasteiger partial charge is 0.397 e. The van der Waals surface area contributed by atoms with Crippen LogP contribution in [0.15, 0.2) is 12.3 Å². The van der Waals surface area contributed by atoms with E-state index in [-0.39, 0.29) is 11.9 Å². The Bertz CT molecular complexity index is 648. The molecule has 1 aliphatic carbocycles. The summed E-state index contributed by atoms with van der Waals surface area (Å²) < 4.78 is 0. The molecule has 21 heavy (non-hydrogen) atoms. The molecule has 1 saturated carbocycles. The number of carbonyl (C=O) groups excluding carboxylic acids is 1. The number of rotatable bonds is 3. The Labute approximate surface area is 127 Å². The number of nitrogen functional groups attached to an aromatic ring is 1. The molecule has 3 rings (SSSR count). The minimum absolute atomic E-state index is 0.0893. The lowest BCUT2D eigenvalue weighted by atomic mass is 9.84. The molecule has 0 aromatic carbocycles. The number of nitrogens with zero attached hydrogens (tertiary/aromatic N) is 2. The van der Waals surface area contributed by atoms with Gasteiger partial charge in [-0.05, 0) is 31.7 Å². The van der Waals surface area contributed by atoms with Gasteiger partial charge in [0.05, 0.1) is 11.9 Å². The van der Waals surface area contributed by atoms with E-state index < -0.39 is 0 Å². The summed E-state index contributed by atoms with van der Waals surface area (Å²) in [5, 5.41) is 11.8. The maximum atomic E-state index is 12.5. The van der Waals surface area contributed by atoms with Crippen molar-refractivity contribution in [3.8, 4) is 0 Å². The number of anilines is 1. The Hall–Kier alpha value is -1.69. The molecule has 1 aliphatic rings. The average molecular weight is 304 g/mol. The fourth-order valence-electron chi connectivity index (χ4n) is 3.07. The molecule has 1 fully saturated rings. The van der Waals surface area contributed by atoms with Crippen molar-refractivity contribution in [2.45, 2.75) is 45.1 Å². The number of amides is 1. The average Bonchev–Trinajstić information content (AvgIpc) is 2.86. The van der Waals surface area contributed by atoms with E-state index >= 15 is 0 Å². The molecule has 0 radical (unpaired) electrons. The standard InChI is InChI=1S/C15H20N4OS/c1-9(10-5-3-2-4-6-10)18-14(20)13-12(16)11-7-8-17-19-15(11)21-13/h7-10H,2-6,16H2,1H3,(H,18,20). The Morgan fingerprint density at radius 2 is 2.19 bits per heavy atom. The maximum absolute atomic E-state index is 12.5. The van der Waals surface area contributed by atoms with E-state index in [2.05, 4.69) is 22.4 Å². The van der Waals surface area contributed by atoms with Crippen molar-refractivity contribution in [3.05, 3.63) is 17.1 Å². The molecule has 0 bridgehead atoms. The number of thiophene rings is 1. The minimum atomic E-state index is -0.0893. The van der Waals surface area contributed by atoms with Gasteiger partial charge in [-0.3, -0.25) is 4.79 Å². The smallest absolute Gasteiger partial charge is 0.263 e. The Morgan fingerprint density at radius 1 is 1.43 bits per heavy atom. The van der Waals surface area contributed by atoms with Crippen LogP contribution in [0.1, 0.15) is 48.7 Å². The molecule has 2 aromatic heterocycles. The molecule has 5 nitrogen and oxygen atoms in total. The van der Waals surface area contributed by atoms with Crippen molar-refractivity contribution in [3.63, 3.8) is 0 Å². The van der Waals surface area contributed by atoms with Gasteiger partial charge in [-0.25, -0.2) is 0 Å². The number of carbonyl (C=O) groups is 1. The number of nitrogens with two attached hydrogens (primary N) is 1. The summed E-state index contributed by atoms with van der Waals surface area (Å²) in [5.41, 5.74) is 6.59. The summed E-state index contributed by atoms with van der Waals surface area (Å²) in [5.74, 6) is 0.492. The van der Waals surface area contributed by atoms with Crippen molar-refractivity contribution in [1.82, 2.24) is 15.5 Å². The normalized spacial score (nSPS) is 17.8. The number of nitrogens with one attached hydrogen (secondary N) is 1. The molecular weight excluding hydrogens is 284 g/mol. The number of aromatic nitrogens is 2. The van der Waals surface area contributed by atoms with E-state index in [0.29, 0.717) is 21.3 Å². The molecule has 1 amide bonds. The highest BCUT2D eigenvalue weighted by Crippen LogP contribution is 2.32. The molecule has 112 valence electrons. The molecule has 1 atom stereocenters. The van der Waals surface area contributed by atoms with Gasteiger partial charge in [-0.2, -0.15) is 5.10 Å². The first-order chi connectivity index (χ1) is 10.2. The SMILES string of the molecule is CC(NC(=O)c1sc2nnccc2c1N)C1CCCCC1. The molecule has 2 aromatic rings. The summed E-state index contributed by atoms with van der Waals surface area (Å²) in [6, 6.07) is 1.99. The van der Waals surface area contributed by atoms with E-state index in [1.165, 1.54) is 43.4 Å². The van der Waals surface area contributed by atoms with E-state index in [9.17, 15) is 4.79 Å². The molecule has 0 aliphatic heterocycles. The summed E-state index contributed by atoms with van der Waals surface area (Å²) in [4.78, 5) is 13.7. The van der Waals surface area contributed by atoms with Crippen LogP contribution >= 0.6 is 11.3 Å². The van der Waals surface area contributed by atoms with Crippen molar-refractivity contribution >= 4 is 33.1 Å². The highest BCUT2D eigenvalue weighted by molar-refractivity contribution is 7.21. The summed E-state index contributed by atoms with van der Waals surface area (Å²) in [6.45, 7) is 2.09. The summed E-state index contributed by atoms with van der Waals surface area (Å²) in [6.07, 6.45) is 7.86. The zero-order chi connectivity index (χ0) is 14.8. The van der Waals surface area contributed by atoms with Crippen LogP contribution in [0.2, 0.25) is 0 Å². The van der Waals surface area contributed by atoms with Gasteiger partial charge in [0.2, 0.25) is 0 Å². The number of hydrogen-bond donors (Lipinski definition) is 2. The van der Waals surface area contributed by atoms with E-state index in [1.807, 2.05) is 0 Å². The minimum Gasteiger partial charge on any atom is -0.397 e. The lowest BCUT2D eigenvalue weighted by Crippen LogP contribution is -2.38. The lowest BCUT2D eigenvalue weighted by molar-refractivity contribution is 0.0924. The summed E-state index contributed by atoms with van der Waals surface area (Å²) >= 11 is 1.31. The van der Waals surface area contributed by atoms with Gasteiger partial charge in [0, 0.05) is 11.4 Å². The number of hydrogen-bond acceptors (Lipinski definition) is 5. The third kappa shape index (κ3) is 2.85. The van der Waals surface area contributed by atoms with Crippen molar-refractivity contribution in [1.29, 1.82) is 0 Å². The first-order valence-electron chi connectivity index (χ1n) is 7.47. The summed E-state index contributed by atoms with van der Waals surface area (Å²) in [7, 11) is 0. The monoisotopic (exact) mass is 304 g/mol. The zero-order valence-corrected chi connectivity index (χ0v) is 12.9. The Morgan fingerprint density at radius 3 is 2.90 bits per heavy atom. The highest BCUT2D eigenvalue weighted by atomic mass is 32.1. The molecule has 3 N–H and O–H groups in total. The molecule has 0 saturated heterocycles. The third-order valence-corrected chi connectivity index (χ3v) is 5.45. The van der Waals surface area contributed by atoms with E-state index in [0.717, 1.165) is 5.39 Å². The molecule has 2 heterocycles. The third-order valence-electron chi connectivity index (χ3n) is 4.34. The second-order valence-corrected chi connectivity index (χ2v) is 6.75. The molecule has 6 heteroatoms. The molecule has 0 spiro atoms. The van der Waals surface area contributed by atoms with Crippen molar-refractivity contribution < 1.29 is 4.79 Å². The van der Waals surface area contributed by atoms with Crippen LogP contribution in [-0.2, 0) is 0 Å².